The first kappa shape index (κ1) is 19.9. The summed E-state index contributed by atoms with van der Waals surface area (Å²) in [6.45, 7) is 22.8. The van der Waals surface area contributed by atoms with E-state index in [-0.39, 0.29) is 16.4 Å². The molecule has 0 unspecified atom stereocenters. The topological polar surface area (TPSA) is 18.5 Å². The third-order valence-corrected chi connectivity index (χ3v) is 14.0. The molecule has 0 amide bonds. The zero-order valence-corrected chi connectivity index (χ0v) is 17.8. The third kappa shape index (κ3) is 5.65. The number of rotatable bonds is 5. The Hall–Kier alpha value is 0.886. The largest absolute Gasteiger partial charge is 0.394 e. The van der Waals surface area contributed by atoms with E-state index < -0.39 is 16.6 Å². The van der Waals surface area contributed by atoms with Gasteiger partial charge in [-0.1, -0.05) is 46.8 Å². The molecule has 0 bridgehead atoms. The minimum absolute atomic E-state index is 0.0771. The van der Waals surface area contributed by atoms with Gasteiger partial charge < -0.3 is 8.85 Å². The van der Waals surface area contributed by atoms with E-state index in [2.05, 4.69) is 84.0 Å². The van der Waals surface area contributed by atoms with Gasteiger partial charge in [0.15, 0.2) is 16.6 Å². The molecule has 0 aromatic heterocycles. The Morgan fingerprint density at radius 3 is 1.21 bits per heavy atom. The summed E-state index contributed by atoms with van der Waals surface area (Å²) >= 11 is 2.78. The van der Waals surface area contributed by atoms with Crippen LogP contribution in [0.1, 0.15) is 41.5 Å². The van der Waals surface area contributed by atoms with Crippen LogP contribution in [0.5, 0.6) is 0 Å². The second-order valence-corrected chi connectivity index (χ2v) is 18.4. The van der Waals surface area contributed by atoms with Crippen molar-refractivity contribution in [1.82, 2.24) is 0 Å². The average molecular weight is 317 g/mol. The molecule has 0 saturated carbocycles. The zero-order chi connectivity index (χ0) is 15.7. The maximum Gasteiger partial charge on any atom is 0.195 e. The van der Waals surface area contributed by atoms with Gasteiger partial charge in [-0.15, -0.1) is 0 Å². The lowest BCUT2D eigenvalue weighted by Crippen LogP contribution is -2.50. The van der Waals surface area contributed by atoms with Crippen molar-refractivity contribution in [2.45, 2.75) is 89.4 Å². The highest BCUT2D eigenvalue weighted by Crippen LogP contribution is 2.41. The SMILES string of the molecule is CC(C)(C)[Si](C)(C)OC([CH2][Al])O[Si](C)(C)C(C)(C)C. The lowest BCUT2D eigenvalue weighted by molar-refractivity contribution is -0.000160. The van der Waals surface area contributed by atoms with E-state index in [0.717, 1.165) is 5.28 Å². The maximum absolute atomic E-state index is 6.41. The van der Waals surface area contributed by atoms with Crippen LogP contribution in [0.4, 0.5) is 0 Å². The molecule has 0 atom stereocenters. The van der Waals surface area contributed by atoms with Crippen molar-refractivity contribution in [2.75, 3.05) is 0 Å². The normalized spacial score (nSPS) is 15.1. The quantitative estimate of drug-likeness (QED) is 0.528. The Kier molecular flexibility index (Phi) is 6.63. The molecular formula is C14H33AlO2Si2. The molecule has 0 N–H and O–H groups in total. The highest BCUT2D eigenvalue weighted by atomic mass is 28.4. The summed E-state index contributed by atoms with van der Waals surface area (Å²) in [5.74, 6) is 0. The third-order valence-electron chi connectivity index (χ3n) is 4.66. The Bertz CT molecular complexity index is 263. The minimum atomic E-state index is -1.76. The Morgan fingerprint density at radius 2 is 1.05 bits per heavy atom. The van der Waals surface area contributed by atoms with Crippen LogP contribution in [0.25, 0.3) is 0 Å². The second-order valence-electron chi connectivity index (χ2n) is 8.42. The van der Waals surface area contributed by atoms with Crippen LogP contribution in [0.2, 0.25) is 41.5 Å². The molecule has 0 aromatic rings. The van der Waals surface area contributed by atoms with Crippen LogP contribution in [0.3, 0.4) is 0 Å². The van der Waals surface area contributed by atoms with Crippen LogP contribution in [-0.4, -0.2) is 39.2 Å². The molecule has 0 spiro atoms. The predicted octanol–water partition coefficient (Wildman–Crippen LogP) is 4.94. The van der Waals surface area contributed by atoms with Crippen LogP contribution >= 0.6 is 0 Å². The Morgan fingerprint density at radius 1 is 0.789 bits per heavy atom. The summed E-state index contributed by atoms with van der Waals surface area (Å²) in [4.78, 5) is 0. The molecule has 5 heteroatoms. The van der Waals surface area contributed by atoms with Gasteiger partial charge in [0.1, 0.15) is 22.6 Å². The van der Waals surface area contributed by atoms with Gasteiger partial charge in [-0.2, -0.15) is 0 Å². The fraction of sp³-hybridized carbons (Fsp3) is 1.00. The molecule has 0 heterocycles. The van der Waals surface area contributed by atoms with E-state index in [1.165, 1.54) is 0 Å². The lowest BCUT2D eigenvalue weighted by atomic mass is 10.2. The molecule has 0 aliphatic rings. The summed E-state index contributed by atoms with van der Waals surface area (Å²) in [7, 11) is -3.53. The number of hydrogen-bond acceptors (Lipinski definition) is 2. The average Bonchev–Trinajstić information content (AvgIpc) is 2.12. The molecule has 0 aromatic carbocycles. The van der Waals surface area contributed by atoms with Crippen molar-refractivity contribution in [3.05, 3.63) is 0 Å². The summed E-state index contributed by atoms with van der Waals surface area (Å²) < 4.78 is 12.8. The zero-order valence-electron chi connectivity index (χ0n) is 14.7. The van der Waals surface area contributed by atoms with Gasteiger partial charge in [-0.05, 0) is 36.3 Å². The van der Waals surface area contributed by atoms with Crippen LogP contribution in [0.15, 0.2) is 0 Å². The molecular weight excluding hydrogens is 283 g/mol. The molecule has 2 nitrogen and oxygen atoms in total. The first-order valence-electron chi connectivity index (χ1n) is 7.20. The van der Waals surface area contributed by atoms with Crippen molar-refractivity contribution in [3.8, 4) is 0 Å². The van der Waals surface area contributed by atoms with Gasteiger partial charge in [0, 0.05) is 0 Å². The van der Waals surface area contributed by atoms with Crippen LogP contribution in [-0.2, 0) is 8.85 Å². The summed E-state index contributed by atoms with van der Waals surface area (Å²) in [6.07, 6.45) is -0.0771. The molecule has 2 radical (unpaired) electrons. The highest BCUT2D eigenvalue weighted by molar-refractivity contribution is 6.75. The van der Waals surface area contributed by atoms with E-state index in [1.807, 2.05) is 0 Å². The van der Waals surface area contributed by atoms with Gasteiger partial charge in [-0.25, -0.2) is 0 Å². The van der Waals surface area contributed by atoms with Crippen molar-refractivity contribution in [1.29, 1.82) is 0 Å². The molecule has 0 aliphatic heterocycles. The molecule has 0 aliphatic carbocycles. The van der Waals surface area contributed by atoms with Gasteiger partial charge >= 0.3 is 0 Å². The number of hydrogen-bond donors (Lipinski definition) is 0. The first-order valence-corrected chi connectivity index (χ1v) is 13.8. The lowest BCUT2D eigenvalue weighted by Gasteiger charge is -2.44. The summed E-state index contributed by atoms with van der Waals surface area (Å²) in [5, 5.41) is 1.29. The van der Waals surface area contributed by atoms with E-state index >= 15 is 0 Å². The Balaban J connectivity index is 4.90. The van der Waals surface area contributed by atoms with Crippen molar-refractivity contribution < 1.29 is 8.85 Å². The monoisotopic (exact) mass is 316 g/mol. The van der Waals surface area contributed by atoms with E-state index in [0.29, 0.717) is 0 Å². The summed E-state index contributed by atoms with van der Waals surface area (Å²) in [6, 6.07) is 0. The molecule has 0 saturated heterocycles. The van der Waals surface area contributed by atoms with Gasteiger partial charge in [0.25, 0.3) is 0 Å². The van der Waals surface area contributed by atoms with Gasteiger partial charge in [0.2, 0.25) is 0 Å². The highest BCUT2D eigenvalue weighted by Gasteiger charge is 2.43. The van der Waals surface area contributed by atoms with Crippen molar-refractivity contribution >= 4 is 32.9 Å². The smallest absolute Gasteiger partial charge is 0.195 e. The summed E-state index contributed by atoms with van der Waals surface area (Å²) in [5.41, 5.74) is 0. The molecule has 0 fully saturated rings. The minimum Gasteiger partial charge on any atom is -0.394 e. The van der Waals surface area contributed by atoms with E-state index in [1.54, 1.807) is 0 Å². The fourth-order valence-corrected chi connectivity index (χ4v) is 4.11. The molecule has 0 rings (SSSR count). The first-order chi connectivity index (χ1) is 8.14. The van der Waals surface area contributed by atoms with Crippen molar-refractivity contribution in [3.63, 3.8) is 0 Å². The predicted molar refractivity (Wildman–Crippen MR) is 90.9 cm³/mol. The van der Waals surface area contributed by atoms with Gasteiger partial charge in [0.05, 0.1) is 0 Å². The van der Waals surface area contributed by atoms with Crippen LogP contribution in [0, 0.1) is 0 Å². The fourth-order valence-electron chi connectivity index (χ4n) is 1.13. The second kappa shape index (κ2) is 6.33. The molecule has 19 heavy (non-hydrogen) atoms. The standard InChI is InChI=1S/C14H33O2Si2.Al/c1-12(15-17(8,9)13(2,3)4)16-18(10,11)14(5,6)7;/h12H,1H2,2-11H3;. The molecule has 112 valence electrons. The van der Waals surface area contributed by atoms with E-state index in [4.69, 9.17) is 8.85 Å². The van der Waals surface area contributed by atoms with Crippen LogP contribution < -0.4 is 0 Å². The maximum atomic E-state index is 6.41. The Labute approximate surface area is 131 Å². The van der Waals surface area contributed by atoms with Gasteiger partial charge in [-0.3, -0.25) is 0 Å². The van der Waals surface area contributed by atoms with Crippen molar-refractivity contribution in [2.24, 2.45) is 0 Å². The van der Waals surface area contributed by atoms with E-state index in [9.17, 15) is 0 Å².